The molecule has 0 fully saturated rings. The van der Waals surface area contributed by atoms with Crippen molar-refractivity contribution in [2.75, 3.05) is 0 Å². The molecule has 3 aromatic heterocycles. The van der Waals surface area contributed by atoms with E-state index < -0.39 is 0 Å². The van der Waals surface area contributed by atoms with Crippen molar-refractivity contribution >= 4 is 54.9 Å². The summed E-state index contributed by atoms with van der Waals surface area (Å²) in [5.41, 5.74) is 12.4. The summed E-state index contributed by atoms with van der Waals surface area (Å²) in [5, 5.41) is 4.46. The van der Waals surface area contributed by atoms with E-state index in [4.69, 9.17) is 13.8 Å². The first kappa shape index (κ1) is 28.8. The van der Waals surface area contributed by atoms with E-state index in [9.17, 15) is 0 Å². The van der Waals surface area contributed by atoms with Crippen LogP contribution < -0.4 is 0 Å². The van der Waals surface area contributed by atoms with E-state index in [0.717, 1.165) is 94.2 Å². The maximum atomic E-state index is 6.29. The molecule has 4 heteroatoms. The van der Waals surface area contributed by atoms with Gasteiger partial charge in [-0.3, -0.25) is 4.57 Å². The first-order valence-corrected chi connectivity index (χ1v) is 16.8. The van der Waals surface area contributed by atoms with Crippen LogP contribution in [-0.2, 0) is 0 Å². The average Bonchev–Trinajstić information content (AvgIpc) is 3.86. The van der Waals surface area contributed by atoms with E-state index in [2.05, 4.69) is 138 Å². The number of rotatable bonds is 4. The fraction of sp³-hybridized carbons (Fsp3) is 0.0444. The third kappa shape index (κ3) is 4.80. The summed E-state index contributed by atoms with van der Waals surface area (Å²) in [6.45, 7) is 4.00. The predicted octanol–water partition coefficient (Wildman–Crippen LogP) is 12.9. The molecule has 0 atom stereocenters. The molecule has 0 unspecified atom stereocenters. The number of benzene rings is 7. The second kappa shape index (κ2) is 11.7. The van der Waals surface area contributed by atoms with Crippen molar-refractivity contribution < 1.29 is 8.83 Å². The van der Waals surface area contributed by atoms with Crippen molar-refractivity contribution in [3.63, 3.8) is 0 Å². The zero-order chi connectivity index (χ0) is 32.9. The zero-order valence-corrected chi connectivity index (χ0v) is 27.2. The normalized spacial score (nSPS) is 11.5. The summed E-state index contributed by atoms with van der Waals surface area (Å²) in [6, 6.07) is 55.0. The molecule has 0 spiro atoms. The van der Waals surface area contributed by atoms with Crippen LogP contribution in [0.3, 0.4) is 0 Å². The van der Waals surface area contributed by atoms with Crippen LogP contribution in [0.15, 0.2) is 167 Å². The highest BCUT2D eigenvalue weighted by Crippen LogP contribution is 2.38. The molecule has 0 saturated heterocycles. The van der Waals surface area contributed by atoms with Gasteiger partial charge in [0.2, 0.25) is 0 Å². The zero-order valence-electron chi connectivity index (χ0n) is 27.2. The molecular weight excluding hydrogens is 601 g/mol. The molecule has 10 aromatic rings. The first-order chi connectivity index (χ1) is 24.3. The Morgan fingerprint density at radius 2 is 0.898 bits per heavy atom. The van der Waals surface area contributed by atoms with Crippen molar-refractivity contribution in [1.82, 2.24) is 9.55 Å². The monoisotopic (exact) mass is 632 g/mol. The number of hydrogen-bond donors (Lipinski definition) is 0. The number of imidazole rings is 1. The van der Waals surface area contributed by atoms with Gasteiger partial charge in [0.15, 0.2) is 0 Å². The summed E-state index contributed by atoms with van der Waals surface area (Å²) >= 11 is 0. The van der Waals surface area contributed by atoms with E-state index in [0.29, 0.717) is 0 Å². The highest BCUT2D eigenvalue weighted by Gasteiger charge is 2.15. The van der Waals surface area contributed by atoms with Crippen molar-refractivity contribution in [3.05, 3.63) is 158 Å². The van der Waals surface area contributed by atoms with Gasteiger partial charge in [-0.05, 0) is 89.0 Å². The molecule has 0 aliphatic rings. The van der Waals surface area contributed by atoms with E-state index in [1.54, 1.807) is 0 Å². The summed E-state index contributed by atoms with van der Waals surface area (Å²) < 4.78 is 14.6. The van der Waals surface area contributed by atoms with Crippen LogP contribution >= 0.6 is 0 Å². The largest absolute Gasteiger partial charge is 0.456 e. The molecule has 3 heterocycles. The third-order valence-corrected chi connectivity index (χ3v) is 9.23. The summed E-state index contributed by atoms with van der Waals surface area (Å²) in [7, 11) is 0. The second-order valence-electron chi connectivity index (χ2n) is 12.0. The molecule has 7 aromatic carbocycles. The molecule has 0 amide bonds. The van der Waals surface area contributed by atoms with E-state index in [1.165, 1.54) is 0 Å². The van der Waals surface area contributed by atoms with Crippen molar-refractivity contribution in [1.29, 1.82) is 0 Å². The van der Waals surface area contributed by atoms with Crippen molar-refractivity contribution in [2.24, 2.45) is 0 Å². The third-order valence-electron chi connectivity index (χ3n) is 9.23. The van der Waals surface area contributed by atoms with Crippen LogP contribution in [0.25, 0.3) is 94.2 Å². The lowest BCUT2D eigenvalue weighted by Gasteiger charge is -2.11. The van der Waals surface area contributed by atoms with Crippen LogP contribution in [0.2, 0.25) is 0 Å². The number of hydrogen-bond acceptors (Lipinski definition) is 3. The highest BCUT2D eigenvalue weighted by atomic mass is 16.3. The Kier molecular flexibility index (Phi) is 6.87. The number of furan rings is 2. The van der Waals surface area contributed by atoms with Gasteiger partial charge in [0.1, 0.15) is 28.2 Å². The summed E-state index contributed by atoms with van der Waals surface area (Å²) in [6.07, 6.45) is 0. The maximum absolute atomic E-state index is 6.29. The number of nitrogens with zero attached hydrogens (tertiary/aromatic N) is 2. The fourth-order valence-corrected chi connectivity index (χ4v) is 6.91. The van der Waals surface area contributed by atoms with Gasteiger partial charge in [-0.15, -0.1) is 0 Å². The standard InChI is InChI=1S/C43H26N2O2.C2H6/c1-2-8-28(9-3-1)43-44-37-11-5-6-12-38(37)45(43)32-19-14-27(15-20-32)29-16-21-41-35(24-29)36-26-31(18-23-42(36)47-41)30-17-22-40-34(25-30)33-10-4-7-13-39(33)46-40;1-2/h1-26H;1-2H3. The van der Waals surface area contributed by atoms with Gasteiger partial charge in [-0.2, -0.15) is 0 Å². The minimum Gasteiger partial charge on any atom is -0.456 e. The maximum Gasteiger partial charge on any atom is 0.145 e. The van der Waals surface area contributed by atoms with Crippen LogP contribution in [0.4, 0.5) is 0 Å². The van der Waals surface area contributed by atoms with Crippen molar-refractivity contribution in [3.8, 4) is 39.3 Å². The Morgan fingerprint density at radius 1 is 0.408 bits per heavy atom. The minimum atomic E-state index is 0.881. The molecule has 0 radical (unpaired) electrons. The molecule has 49 heavy (non-hydrogen) atoms. The number of para-hydroxylation sites is 3. The molecule has 10 rings (SSSR count). The Bertz CT molecular complexity index is 2780. The molecule has 234 valence electrons. The minimum absolute atomic E-state index is 0.881. The lowest BCUT2D eigenvalue weighted by molar-refractivity contribution is 0.668. The lowest BCUT2D eigenvalue weighted by atomic mass is 9.99. The quantitative estimate of drug-likeness (QED) is 0.194. The molecule has 0 aliphatic carbocycles. The van der Waals surface area contributed by atoms with E-state index in [1.807, 2.05) is 38.1 Å². The van der Waals surface area contributed by atoms with Gasteiger partial charge in [-0.25, -0.2) is 4.98 Å². The molecule has 0 saturated carbocycles. The predicted molar refractivity (Wildman–Crippen MR) is 203 cm³/mol. The van der Waals surface area contributed by atoms with Gasteiger partial charge >= 0.3 is 0 Å². The highest BCUT2D eigenvalue weighted by molar-refractivity contribution is 6.09. The average molecular weight is 633 g/mol. The van der Waals surface area contributed by atoms with Gasteiger partial charge in [0.05, 0.1) is 11.0 Å². The molecule has 0 N–H and O–H groups in total. The van der Waals surface area contributed by atoms with E-state index in [-0.39, 0.29) is 0 Å². The number of fused-ring (bicyclic) bond motifs is 7. The van der Waals surface area contributed by atoms with Gasteiger partial charge in [-0.1, -0.05) is 105 Å². The Hall–Kier alpha value is -6.39. The topological polar surface area (TPSA) is 44.1 Å². The van der Waals surface area contributed by atoms with Gasteiger partial charge in [0, 0.05) is 32.8 Å². The van der Waals surface area contributed by atoms with Crippen LogP contribution in [0.5, 0.6) is 0 Å². The van der Waals surface area contributed by atoms with Crippen molar-refractivity contribution in [2.45, 2.75) is 13.8 Å². The van der Waals surface area contributed by atoms with Gasteiger partial charge in [0.25, 0.3) is 0 Å². The Morgan fingerprint density at radius 3 is 1.55 bits per heavy atom. The smallest absolute Gasteiger partial charge is 0.145 e. The SMILES string of the molecule is CC.c1ccc(-c2nc3ccccc3n2-c2ccc(-c3ccc4oc5ccc(-c6ccc7oc8ccccc8c7c6)cc5c4c3)cc2)cc1. The summed E-state index contributed by atoms with van der Waals surface area (Å²) in [5.74, 6) is 0.932. The summed E-state index contributed by atoms with van der Waals surface area (Å²) in [4.78, 5) is 5.00. The molecule has 0 aliphatic heterocycles. The number of aromatic nitrogens is 2. The van der Waals surface area contributed by atoms with Gasteiger partial charge < -0.3 is 8.83 Å². The van der Waals surface area contributed by atoms with Crippen LogP contribution in [0.1, 0.15) is 13.8 Å². The van der Waals surface area contributed by atoms with Crippen LogP contribution in [-0.4, -0.2) is 9.55 Å². The molecule has 0 bridgehead atoms. The first-order valence-electron chi connectivity index (χ1n) is 16.8. The molecule has 4 nitrogen and oxygen atoms in total. The second-order valence-corrected chi connectivity index (χ2v) is 12.0. The Balaban J connectivity index is 0.00000160. The molecular formula is C45H32N2O2. The fourth-order valence-electron chi connectivity index (χ4n) is 6.91. The van der Waals surface area contributed by atoms with E-state index >= 15 is 0 Å². The Labute approximate surface area is 283 Å². The van der Waals surface area contributed by atoms with Crippen LogP contribution in [0, 0.1) is 0 Å². The lowest BCUT2D eigenvalue weighted by Crippen LogP contribution is -1.97.